The lowest BCUT2D eigenvalue weighted by atomic mass is 10.2. The maximum atomic E-state index is 12.0. The van der Waals surface area contributed by atoms with Crippen LogP contribution in [-0.4, -0.2) is 30.1 Å². The monoisotopic (exact) mass is 443 g/mol. The van der Waals surface area contributed by atoms with Crippen molar-refractivity contribution >= 4 is 41.3 Å². The summed E-state index contributed by atoms with van der Waals surface area (Å²) in [5, 5.41) is 8.47. The fraction of sp³-hybridized carbons (Fsp3) is 0.261. The van der Waals surface area contributed by atoms with E-state index in [2.05, 4.69) is 16.0 Å². The van der Waals surface area contributed by atoms with Crippen LogP contribution >= 0.6 is 11.6 Å². The highest BCUT2D eigenvalue weighted by Crippen LogP contribution is 2.12. The highest BCUT2D eigenvalue weighted by Gasteiger charge is 2.16. The van der Waals surface area contributed by atoms with Gasteiger partial charge in [0.25, 0.3) is 0 Å². The second-order valence-electron chi connectivity index (χ2n) is 7.71. The van der Waals surface area contributed by atoms with Gasteiger partial charge in [-0.25, -0.2) is 4.79 Å². The summed E-state index contributed by atoms with van der Waals surface area (Å²) >= 11 is 5.92. The van der Waals surface area contributed by atoms with Gasteiger partial charge >= 0.3 is 6.09 Å². The van der Waals surface area contributed by atoms with Crippen LogP contribution in [0.2, 0.25) is 5.02 Å². The Kier molecular flexibility index (Phi) is 8.63. The van der Waals surface area contributed by atoms with E-state index in [0.717, 1.165) is 11.1 Å². The van der Waals surface area contributed by atoms with Gasteiger partial charge < -0.3 is 20.7 Å². The first-order chi connectivity index (χ1) is 14.6. The van der Waals surface area contributed by atoms with E-state index in [-0.39, 0.29) is 18.4 Å². The summed E-state index contributed by atoms with van der Waals surface area (Å²) in [5.41, 5.74) is 1.65. The third-order valence-corrected chi connectivity index (χ3v) is 4.01. The molecule has 7 nitrogen and oxygen atoms in total. The normalized spacial score (nSPS) is 11.1. The number of hydrogen-bond donors (Lipinski definition) is 3. The lowest BCUT2D eigenvalue weighted by Gasteiger charge is -2.19. The molecule has 0 aliphatic heterocycles. The third kappa shape index (κ3) is 9.82. The molecule has 0 aliphatic rings. The molecule has 0 bridgehead atoms. The average molecular weight is 444 g/mol. The molecule has 2 aromatic carbocycles. The van der Waals surface area contributed by atoms with E-state index in [9.17, 15) is 14.4 Å². The number of hydrogen-bond acceptors (Lipinski definition) is 4. The SMILES string of the molecule is CC(C)(C)OC(=O)NCC(=O)Nc1ccc(CNC(=O)/C=C/c2cccc(Cl)c2)cc1. The summed E-state index contributed by atoms with van der Waals surface area (Å²) in [4.78, 5) is 35.5. The number of carbonyl (C=O) groups excluding carboxylic acids is 3. The van der Waals surface area contributed by atoms with Gasteiger partial charge in [-0.05, 0) is 62.2 Å². The molecule has 8 heteroatoms. The standard InChI is InChI=1S/C23H26ClN3O4/c1-23(2,3)31-22(30)26-15-21(29)27-19-10-7-17(8-11-19)14-25-20(28)12-9-16-5-4-6-18(24)13-16/h4-13H,14-15H2,1-3H3,(H,25,28)(H,26,30)(H,27,29)/b12-9+. The maximum absolute atomic E-state index is 12.0. The maximum Gasteiger partial charge on any atom is 0.408 e. The van der Waals surface area contributed by atoms with Crippen molar-refractivity contribution in [2.75, 3.05) is 11.9 Å². The van der Waals surface area contributed by atoms with E-state index in [1.54, 1.807) is 63.2 Å². The average Bonchev–Trinajstić information content (AvgIpc) is 2.69. The Labute approximate surface area is 186 Å². The Morgan fingerprint density at radius 2 is 1.74 bits per heavy atom. The van der Waals surface area contributed by atoms with Gasteiger partial charge in [0.1, 0.15) is 12.1 Å². The van der Waals surface area contributed by atoms with Crippen molar-refractivity contribution in [3.63, 3.8) is 0 Å². The van der Waals surface area contributed by atoms with Crippen LogP contribution in [0.5, 0.6) is 0 Å². The smallest absolute Gasteiger partial charge is 0.408 e. The number of anilines is 1. The quantitative estimate of drug-likeness (QED) is 0.560. The van der Waals surface area contributed by atoms with E-state index in [1.807, 2.05) is 12.1 Å². The summed E-state index contributed by atoms with van der Waals surface area (Å²) in [6.45, 7) is 5.36. The van der Waals surface area contributed by atoms with Crippen molar-refractivity contribution in [1.82, 2.24) is 10.6 Å². The molecule has 0 saturated heterocycles. The molecule has 0 heterocycles. The minimum Gasteiger partial charge on any atom is -0.444 e. The van der Waals surface area contributed by atoms with Crippen molar-refractivity contribution in [3.05, 3.63) is 70.8 Å². The predicted molar refractivity (Wildman–Crippen MR) is 122 cm³/mol. The molecule has 3 amide bonds. The summed E-state index contributed by atoms with van der Waals surface area (Å²) in [7, 11) is 0. The number of nitrogens with one attached hydrogen (secondary N) is 3. The molecule has 0 unspecified atom stereocenters. The zero-order chi connectivity index (χ0) is 22.9. The lowest BCUT2D eigenvalue weighted by Crippen LogP contribution is -2.37. The van der Waals surface area contributed by atoms with Crippen molar-refractivity contribution in [2.24, 2.45) is 0 Å². The Morgan fingerprint density at radius 3 is 2.39 bits per heavy atom. The zero-order valence-corrected chi connectivity index (χ0v) is 18.5. The molecule has 31 heavy (non-hydrogen) atoms. The van der Waals surface area contributed by atoms with Crippen molar-refractivity contribution in [2.45, 2.75) is 32.9 Å². The van der Waals surface area contributed by atoms with E-state index >= 15 is 0 Å². The van der Waals surface area contributed by atoms with E-state index in [1.165, 1.54) is 6.08 Å². The van der Waals surface area contributed by atoms with Gasteiger partial charge in [-0.15, -0.1) is 0 Å². The molecule has 0 fully saturated rings. The number of rotatable bonds is 7. The summed E-state index contributed by atoms with van der Waals surface area (Å²) in [5.74, 6) is -0.608. The fourth-order valence-electron chi connectivity index (χ4n) is 2.41. The predicted octanol–water partition coefficient (Wildman–Crippen LogP) is 4.13. The van der Waals surface area contributed by atoms with Gasteiger partial charge in [0, 0.05) is 23.3 Å². The zero-order valence-electron chi connectivity index (χ0n) is 17.7. The van der Waals surface area contributed by atoms with Crippen molar-refractivity contribution in [1.29, 1.82) is 0 Å². The van der Waals surface area contributed by atoms with Crippen molar-refractivity contribution < 1.29 is 19.1 Å². The van der Waals surface area contributed by atoms with Crippen LogP contribution in [0.15, 0.2) is 54.6 Å². The van der Waals surface area contributed by atoms with Crippen LogP contribution in [0.25, 0.3) is 6.08 Å². The van der Waals surface area contributed by atoms with Crippen LogP contribution in [0.3, 0.4) is 0 Å². The van der Waals surface area contributed by atoms with Crippen LogP contribution in [0.4, 0.5) is 10.5 Å². The molecule has 3 N–H and O–H groups in total. The molecule has 0 aromatic heterocycles. The number of halogens is 1. The Morgan fingerprint density at radius 1 is 1.03 bits per heavy atom. The molecule has 0 aliphatic carbocycles. The van der Waals surface area contributed by atoms with Crippen LogP contribution in [0, 0.1) is 0 Å². The number of ether oxygens (including phenoxy) is 1. The van der Waals surface area contributed by atoms with Gasteiger partial charge in [-0.2, -0.15) is 0 Å². The molecule has 0 radical (unpaired) electrons. The highest BCUT2D eigenvalue weighted by molar-refractivity contribution is 6.30. The van der Waals surface area contributed by atoms with Crippen LogP contribution in [0.1, 0.15) is 31.9 Å². The van der Waals surface area contributed by atoms with Gasteiger partial charge in [0.05, 0.1) is 0 Å². The van der Waals surface area contributed by atoms with Gasteiger partial charge in [0.15, 0.2) is 0 Å². The summed E-state index contributed by atoms with van der Waals surface area (Å²) in [6.07, 6.45) is 2.47. The van der Waals surface area contributed by atoms with Crippen LogP contribution < -0.4 is 16.0 Å². The first kappa shape index (κ1) is 24.0. The highest BCUT2D eigenvalue weighted by atomic mass is 35.5. The minimum atomic E-state index is -0.654. The fourth-order valence-corrected chi connectivity index (χ4v) is 2.61. The van der Waals surface area contributed by atoms with E-state index < -0.39 is 11.7 Å². The molecule has 0 atom stereocenters. The topological polar surface area (TPSA) is 96.5 Å². The molecule has 0 spiro atoms. The molecule has 2 aromatic rings. The molecular weight excluding hydrogens is 418 g/mol. The Hall–Kier alpha value is -3.32. The van der Waals surface area contributed by atoms with E-state index in [4.69, 9.17) is 16.3 Å². The largest absolute Gasteiger partial charge is 0.444 e. The number of amides is 3. The number of carbonyl (C=O) groups is 3. The summed E-state index contributed by atoms with van der Waals surface area (Å²) < 4.78 is 5.07. The third-order valence-electron chi connectivity index (χ3n) is 3.77. The number of alkyl carbamates (subject to hydrolysis) is 1. The van der Waals surface area contributed by atoms with Crippen LogP contribution in [-0.2, 0) is 20.9 Å². The molecule has 0 saturated carbocycles. The van der Waals surface area contributed by atoms with Crippen molar-refractivity contribution in [3.8, 4) is 0 Å². The summed E-state index contributed by atoms with van der Waals surface area (Å²) in [6, 6.07) is 14.2. The minimum absolute atomic E-state index is 0.203. The molecule has 164 valence electrons. The Bertz CT molecular complexity index is 950. The first-order valence-electron chi connectivity index (χ1n) is 9.68. The second kappa shape index (κ2) is 11.2. The Balaban J connectivity index is 1.75. The van der Waals surface area contributed by atoms with Gasteiger partial charge in [-0.1, -0.05) is 35.9 Å². The molecular formula is C23H26ClN3O4. The second-order valence-corrected chi connectivity index (χ2v) is 8.14. The van der Waals surface area contributed by atoms with Gasteiger partial charge in [0.2, 0.25) is 11.8 Å². The number of benzene rings is 2. The molecule has 2 rings (SSSR count). The lowest BCUT2D eigenvalue weighted by molar-refractivity contribution is -0.117. The van der Waals surface area contributed by atoms with E-state index in [0.29, 0.717) is 17.3 Å². The van der Waals surface area contributed by atoms with Gasteiger partial charge in [-0.3, -0.25) is 9.59 Å². The first-order valence-corrected chi connectivity index (χ1v) is 10.1.